The van der Waals surface area contributed by atoms with Crippen LogP contribution in [0.15, 0.2) is 17.3 Å². The minimum Gasteiger partial charge on any atom is -0.292 e. The van der Waals surface area contributed by atoms with Gasteiger partial charge in [-0.1, -0.05) is 5.18 Å². The Hall–Kier alpha value is -1.65. The number of halogens is 2. The molecule has 5 heteroatoms. The highest BCUT2D eigenvalue weighted by atomic mass is 19.2. The first kappa shape index (κ1) is 8.93. The van der Waals surface area contributed by atoms with Crippen LogP contribution in [0.2, 0.25) is 0 Å². The van der Waals surface area contributed by atoms with Crippen molar-refractivity contribution in [2.75, 3.05) is 0 Å². The Morgan fingerprint density at radius 2 is 1.93 bits per heavy atom. The van der Waals surface area contributed by atoms with E-state index in [2.05, 4.69) is 5.18 Å². The molecule has 0 heterocycles. The van der Waals surface area contributed by atoms with Gasteiger partial charge in [-0.25, -0.2) is 8.78 Å². The largest absolute Gasteiger partial charge is 0.292 e. The number of ketones is 1. The van der Waals surface area contributed by atoms with Gasteiger partial charge in [-0.3, -0.25) is 4.79 Å². The van der Waals surface area contributed by atoms with E-state index < -0.39 is 23.5 Å². The average Bonchev–Trinajstić information content (AvgIpc) is 2.45. The number of hydrogen-bond donors (Lipinski definition) is 0. The second kappa shape index (κ2) is 2.94. The summed E-state index contributed by atoms with van der Waals surface area (Å²) < 4.78 is 25.5. The van der Waals surface area contributed by atoms with Crippen LogP contribution < -0.4 is 0 Å². The fraction of sp³-hybridized carbons (Fsp3) is 0.222. The van der Waals surface area contributed by atoms with E-state index >= 15 is 0 Å². The third-order valence-electron chi connectivity index (χ3n) is 2.25. The van der Waals surface area contributed by atoms with Gasteiger partial charge in [0.15, 0.2) is 23.5 Å². The summed E-state index contributed by atoms with van der Waals surface area (Å²) in [5, 5.41) is 2.60. The maximum Gasteiger partial charge on any atom is 0.191 e. The number of rotatable bonds is 1. The summed E-state index contributed by atoms with van der Waals surface area (Å²) in [7, 11) is 0. The molecule has 1 unspecified atom stereocenters. The monoisotopic (exact) mass is 197 g/mol. The van der Waals surface area contributed by atoms with Crippen molar-refractivity contribution in [1.29, 1.82) is 0 Å². The molecule has 0 N–H and O–H groups in total. The molecule has 1 atom stereocenters. The predicted molar refractivity (Wildman–Crippen MR) is 44.0 cm³/mol. The highest BCUT2D eigenvalue weighted by Gasteiger charge is 2.32. The molecule has 0 aromatic heterocycles. The van der Waals surface area contributed by atoms with E-state index in [0.29, 0.717) is 5.56 Å². The van der Waals surface area contributed by atoms with Crippen molar-refractivity contribution in [3.05, 3.63) is 39.8 Å². The second-order valence-corrected chi connectivity index (χ2v) is 3.11. The Bertz CT molecular complexity index is 431. The molecule has 0 radical (unpaired) electrons. The van der Waals surface area contributed by atoms with E-state index in [-0.39, 0.29) is 12.0 Å². The molecule has 1 aliphatic carbocycles. The standard InChI is InChI=1S/C9H5F2NO2/c10-6-1-4-2-8(12-14)9(13)5(4)3-7(6)11/h1,3,8H,2H2. The number of nitroso groups, excluding NO2 is 1. The first-order valence-corrected chi connectivity index (χ1v) is 3.98. The molecule has 0 saturated carbocycles. The lowest BCUT2D eigenvalue weighted by Gasteiger charge is -1.97. The van der Waals surface area contributed by atoms with Gasteiger partial charge in [0.05, 0.1) is 0 Å². The molecule has 2 rings (SSSR count). The van der Waals surface area contributed by atoms with Gasteiger partial charge in [-0.15, -0.1) is 0 Å². The van der Waals surface area contributed by atoms with E-state index in [1.807, 2.05) is 0 Å². The van der Waals surface area contributed by atoms with Gasteiger partial charge in [-0.2, -0.15) is 4.91 Å². The summed E-state index contributed by atoms with van der Waals surface area (Å²) in [6, 6.07) is 0.734. The molecule has 72 valence electrons. The van der Waals surface area contributed by atoms with Gasteiger partial charge >= 0.3 is 0 Å². The number of hydrogen-bond acceptors (Lipinski definition) is 3. The van der Waals surface area contributed by atoms with Crippen LogP contribution in [0.1, 0.15) is 15.9 Å². The fourth-order valence-electron chi connectivity index (χ4n) is 1.55. The van der Waals surface area contributed by atoms with E-state index in [1.165, 1.54) is 0 Å². The van der Waals surface area contributed by atoms with Crippen molar-refractivity contribution in [2.24, 2.45) is 5.18 Å². The van der Waals surface area contributed by atoms with Gasteiger partial charge in [0.25, 0.3) is 0 Å². The first-order valence-electron chi connectivity index (χ1n) is 3.98. The minimum absolute atomic E-state index is 0.0634. The average molecular weight is 197 g/mol. The molecular weight excluding hydrogens is 192 g/mol. The molecule has 3 nitrogen and oxygen atoms in total. The van der Waals surface area contributed by atoms with Crippen LogP contribution in [-0.4, -0.2) is 11.8 Å². The number of fused-ring (bicyclic) bond motifs is 1. The number of carbonyl (C=O) groups is 1. The Morgan fingerprint density at radius 3 is 2.57 bits per heavy atom. The zero-order chi connectivity index (χ0) is 10.3. The molecule has 0 amide bonds. The van der Waals surface area contributed by atoms with Crippen LogP contribution >= 0.6 is 0 Å². The van der Waals surface area contributed by atoms with Crippen LogP contribution in [0.4, 0.5) is 8.78 Å². The molecule has 1 aromatic rings. The molecule has 0 spiro atoms. The summed E-state index contributed by atoms with van der Waals surface area (Å²) in [6.45, 7) is 0. The van der Waals surface area contributed by atoms with E-state index in [4.69, 9.17) is 0 Å². The summed E-state index contributed by atoms with van der Waals surface area (Å²) >= 11 is 0. The number of benzene rings is 1. The van der Waals surface area contributed by atoms with Crippen molar-refractivity contribution in [2.45, 2.75) is 12.5 Å². The molecule has 0 saturated heterocycles. The van der Waals surface area contributed by atoms with Gasteiger partial charge in [0.2, 0.25) is 0 Å². The summed E-state index contributed by atoms with van der Waals surface area (Å²) in [4.78, 5) is 21.5. The Balaban J connectivity index is 2.54. The normalized spacial score (nSPS) is 19.6. The third-order valence-corrected chi connectivity index (χ3v) is 2.25. The number of carbonyl (C=O) groups excluding carboxylic acids is 1. The van der Waals surface area contributed by atoms with Crippen LogP contribution in [-0.2, 0) is 6.42 Å². The summed E-state index contributed by atoms with van der Waals surface area (Å²) in [6.07, 6.45) is 0.0644. The molecule has 0 fully saturated rings. The second-order valence-electron chi connectivity index (χ2n) is 3.11. The zero-order valence-electron chi connectivity index (χ0n) is 6.96. The van der Waals surface area contributed by atoms with Crippen molar-refractivity contribution in [3.63, 3.8) is 0 Å². The van der Waals surface area contributed by atoms with Crippen LogP contribution in [0.3, 0.4) is 0 Å². The minimum atomic E-state index is -1.08. The summed E-state index contributed by atoms with van der Waals surface area (Å²) in [5.74, 6) is -2.62. The fourth-order valence-corrected chi connectivity index (χ4v) is 1.55. The van der Waals surface area contributed by atoms with Gasteiger partial charge in [-0.05, 0) is 17.7 Å². The van der Waals surface area contributed by atoms with Gasteiger partial charge in [0.1, 0.15) is 0 Å². The van der Waals surface area contributed by atoms with Crippen LogP contribution in [0, 0.1) is 16.5 Å². The molecule has 14 heavy (non-hydrogen) atoms. The number of nitrogens with zero attached hydrogens (tertiary/aromatic N) is 1. The van der Waals surface area contributed by atoms with E-state index in [1.54, 1.807) is 0 Å². The molecule has 0 aliphatic heterocycles. The SMILES string of the molecule is O=NC1Cc2cc(F)c(F)cc2C1=O. The Morgan fingerprint density at radius 1 is 1.29 bits per heavy atom. The lowest BCUT2D eigenvalue weighted by molar-refractivity contribution is 0.0975. The van der Waals surface area contributed by atoms with Crippen molar-refractivity contribution in [1.82, 2.24) is 0 Å². The quantitative estimate of drug-likeness (QED) is 0.645. The van der Waals surface area contributed by atoms with E-state index in [9.17, 15) is 18.5 Å². The molecule has 1 aromatic carbocycles. The topological polar surface area (TPSA) is 46.5 Å². The molecule has 0 bridgehead atoms. The lowest BCUT2D eigenvalue weighted by atomic mass is 10.1. The van der Waals surface area contributed by atoms with Gasteiger partial charge < -0.3 is 0 Å². The van der Waals surface area contributed by atoms with Crippen molar-refractivity contribution < 1.29 is 13.6 Å². The highest BCUT2D eigenvalue weighted by molar-refractivity contribution is 6.04. The predicted octanol–water partition coefficient (Wildman–Crippen LogP) is 1.84. The Labute approximate surface area is 77.7 Å². The molecule has 1 aliphatic rings. The summed E-state index contributed by atoms with van der Waals surface area (Å²) in [5.41, 5.74) is 0.409. The first-order chi connectivity index (χ1) is 6.63. The maximum atomic E-state index is 12.7. The zero-order valence-corrected chi connectivity index (χ0v) is 6.96. The van der Waals surface area contributed by atoms with Crippen LogP contribution in [0.25, 0.3) is 0 Å². The smallest absolute Gasteiger partial charge is 0.191 e. The highest BCUT2D eigenvalue weighted by Crippen LogP contribution is 2.26. The van der Waals surface area contributed by atoms with Crippen molar-refractivity contribution in [3.8, 4) is 0 Å². The Kier molecular flexibility index (Phi) is 1.87. The van der Waals surface area contributed by atoms with Crippen molar-refractivity contribution >= 4 is 5.78 Å². The number of Topliss-reactive ketones (excluding diaryl/α,β-unsaturated/α-hetero) is 1. The van der Waals surface area contributed by atoms with E-state index in [0.717, 1.165) is 12.1 Å². The van der Waals surface area contributed by atoms with Crippen LogP contribution in [0.5, 0.6) is 0 Å². The maximum absolute atomic E-state index is 12.7. The lowest BCUT2D eigenvalue weighted by Crippen LogP contribution is -2.11. The molecular formula is C9H5F2NO2. The van der Waals surface area contributed by atoms with Gasteiger partial charge in [0, 0.05) is 12.0 Å². The third kappa shape index (κ3) is 1.13.